The molecule has 0 atom stereocenters. The molecule has 2 aromatic heterocycles. The lowest BCUT2D eigenvalue weighted by molar-refractivity contribution is 0.414. The fraction of sp³-hybridized carbons (Fsp3) is 0.150. The Morgan fingerprint density at radius 2 is 1.79 bits per heavy atom. The fourth-order valence-electron chi connectivity index (χ4n) is 3.05. The summed E-state index contributed by atoms with van der Waals surface area (Å²) in [5.74, 6) is 0.569. The molecule has 4 rings (SSSR count). The molecule has 2 aromatic carbocycles. The number of aryl methyl sites for hydroxylation is 1. The molecule has 0 aliphatic carbocycles. The van der Waals surface area contributed by atoms with Crippen LogP contribution in [0, 0.1) is 6.92 Å². The number of methoxy groups -OCH3 is 1. The van der Waals surface area contributed by atoms with E-state index in [2.05, 4.69) is 15.3 Å². The molecule has 0 fully saturated rings. The first kappa shape index (κ1) is 18.9. The van der Waals surface area contributed by atoms with Crippen LogP contribution in [0.3, 0.4) is 0 Å². The normalized spacial score (nSPS) is 11.7. The Morgan fingerprint density at radius 3 is 2.45 bits per heavy atom. The Labute approximate surface area is 166 Å². The monoisotopic (exact) mass is 410 g/mol. The van der Waals surface area contributed by atoms with Crippen LogP contribution in [0.25, 0.3) is 10.8 Å². The van der Waals surface area contributed by atoms with E-state index in [9.17, 15) is 13.2 Å². The summed E-state index contributed by atoms with van der Waals surface area (Å²) in [5, 5.41) is 12.0. The molecule has 8 nitrogen and oxygen atoms in total. The molecular weight excluding hydrogens is 392 g/mol. The molecule has 0 saturated heterocycles. The highest BCUT2D eigenvalue weighted by Crippen LogP contribution is 2.25. The third-order valence-electron chi connectivity index (χ3n) is 4.57. The van der Waals surface area contributed by atoms with E-state index in [0.717, 1.165) is 5.69 Å². The summed E-state index contributed by atoms with van der Waals surface area (Å²) in [6, 6.07) is 12.4. The Balaban J connectivity index is 1.72. The van der Waals surface area contributed by atoms with Crippen molar-refractivity contribution in [3.05, 3.63) is 76.5 Å². The van der Waals surface area contributed by atoms with Gasteiger partial charge in [-0.3, -0.25) is 9.89 Å². The van der Waals surface area contributed by atoms with Crippen molar-refractivity contribution in [2.75, 3.05) is 7.11 Å². The van der Waals surface area contributed by atoms with Crippen molar-refractivity contribution in [1.29, 1.82) is 0 Å². The number of nitrogens with zero attached hydrogens (tertiary/aromatic N) is 3. The summed E-state index contributed by atoms with van der Waals surface area (Å²) < 4.78 is 32.2. The SMILES string of the molecule is COc1ccc(S(=O)(=O)c2ccc3c(=O)n(Cc4cc(C)[nH]n4)ncc3c2)cc1. The lowest BCUT2D eigenvalue weighted by atomic mass is 10.2. The van der Waals surface area contributed by atoms with Gasteiger partial charge in [-0.25, -0.2) is 13.1 Å². The van der Waals surface area contributed by atoms with Crippen LogP contribution in [-0.4, -0.2) is 35.5 Å². The topological polar surface area (TPSA) is 107 Å². The number of hydrogen-bond acceptors (Lipinski definition) is 6. The zero-order chi connectivity index (χ0) is 20.6. The molecule has 0 aliphatic rings. The number of nitrogens with one attached hydrogen (secondary N) is 1. The van der Waals surface area contributed by atoms with E-state index in [0.29, 0.717) is 22.2 Å². The molecule has 0 radical (unpaired) electrons. The number of aromatic amines is 1. The summed E-state index contributed by atoms with van der Waals surface area (Å²) in [6.07, 6.45) is 1.49. The fourth-order valence-corrected chi connectivity index (χ4v) is 4.34. The number of benzene rings is 2. The van der Waals surface area contributed by atoms with E-state index in [4.69, 9.17) is 4.74 Å². The molecule has 1 N–H and O–H groups in total. The molecule has 2 heterocycles. The molecule has 0 amide bonds. The molecular formula is C20H18N4O4S. The molecule has 4 aromatic rings. The average Bonchev–Trinajstić information content (AvgIpc) is 3.14. The van der Waals surface area contributed by atoms with E-state index in [1.165, 1.54) is 48.3 Å². The van der Waals surface area contributed by atoms with Crippen molar-refractivity contribution in [2.24, 2.45) is 0 Å². The Kier molecular flexibility index (Phi) is 4.67. The van der Waals surface area contributed by atoms with E-state index < -0.39 is 9.84 Å². The maximum atomic E-state index is 12.9. The Morgan fingerprint density at radius 1 is 1.07 bits per heavy atom. The van der Waals surface area contributed by atoms with Crippen molar-refractivity contribution in [2.45, 2.75) is 23.3 Å². The molecule has 0 unspecified atom stereocenters. The van der Waals surface area contributed by atoms with Crippen molar-refractivity contribution < 1.29 is 13.2 Å². The second-order valence-corrected chi connectivity index (χ2v) is 8.53. The van der Waals surface area contributed by atoms with Crippen LogP contribution in [-0.2, 0) is 16.4 Å². The van der Waals surface area contributed by atoms with Gasteiger partial charge in [-0.2, -0.15) is 10.2 Å². The highest BCUT2D eigenvalue weighted by atomic mass is 32.2. The number of hydrogen-bond donors (Lipinski definition) is 1. The minimum atomic E-state index is -3.73. The van der Waals surface area contributed by atoms with Gasteiger partial charge in [-0.05, 0) is 55.5 Å². The lowest BCUT2D eigenvalue weighted by Crippen LogP contribution is -2.23. The van der Waals surface area contributed by atoms with E-state index in [-0.39, 0.29) is 21.9 Å². The van der Waals surface area contributed by atoms with Crippen molar-refractivity contribution in [3.8, 4) is 5.75 Å². The van der Waals surface area contributed by atoms with Gasteiger partial charge < -0.3 is 4.74 Å². The summed E-state index contributed by atoms with van der Waals surface area (Å²) in [7, 11) is -2.22. The van der Waals surface area contributed by atoms with Crippen LogP contribution >= 0.6 is 0 Å². The summed E-state index contributed by atoms with van der Waals surface area (Å²) in [4.78, 5) is 13.0. The predicted octanol–water partition coefficient (Wildman–Crippen LogP) is 2.32. The second-order valence-electron chi connectivity index (χ2n) is 6.58. The first-order chi connectivity index (χ1) is 13.9. The standard InChI is InChI=1S/C20H18N4O4S/c1-13-9-15(23-22-13)12-24-20(25)19-8-7-18(10-14(19)11-21-24)29(26,27)17-5-3-16(28-2)4-6-17/h3-11H,12H2,1-2H3,(H,22,23). The van der Waals surface area contributed by atoms with Crippen molar-refractivity contribution in [3.63, 3.8) is 0 Å². The minimum Gasteiger partial charge on any atom is -0.497 e. The quantitative estimate of drug-likeness (QED) is 0.541. The highest BCUT2D eigenvalue weighted by Gasteiger charge is 2.19. The third-order valence-corrected chi connectivity index (χ3v) is 6.34. The van der Waals surface area contributed by atoms with Crippen LogP contribution in [0.4, 0.5) is 0 Å². The average molecular weight is 410 g/mol. The minimum absolute atomic E-state index is 0.0945. The first-order valence-corrected chi connectivity index (χ1v) is 10.3. The van der Waals surface area contributed by atoms with Gasteiger partial charge in [0.2, 0.25) is 9.84 Å². The lowest BCUT2D eigenvalue weighted by Gasteiger charge is -2.08. The molecule has 29 heavy (non-hydrogen) atoms. The maximum Gasteiger partial charge on any atom is 0.274 e. The van der Waals surface area contributed by atoms with Gasteiger partial charge in [0.15, 0.2) is 0 Å². The van der Waals surface area contributed by atoms with Gasteiger partial charge in [0.25, 0.3) is 5.56 Å². The van der Waals surface area contributed by atoms with E-state index in [1.54, 1.807) is 12.1 Å². The van der Waals surface area contributed by atoms with Gasteiger partial charge in [-0.15, -0.1) is 0 Å². The number of fused-ring (bicyclic) bond motifs is 1. The third kappa shape index (κ3) is 3.52. The molecule has 148 valence electrons. The van der Waals surface area contributed by atoms with Crippen molar-refractivity contribution >= 4 is 20.6 Å². The molecule has 0 saturated carbocycles. The maximum absolute atomic E-state index is 12.9. The van der Waals surface area contributed by atoms with Crippen molar-refractivity contribution in [1.82, 2.24) is 20.0 Å². The molecule has 9 heteroatoms. The highest BCUT2D eigenvalue weighted by molar-refractivity contribution is 7.91. The number of H-pyrrole nitrogens is 1. The van der Waals surface area contributed by atoms with Gasteiger partial charge in [0.1, 0.15) is 5.75 Å². The van der Waals surface area contributed by atoms with Crippen LogP contribution in [0.1, 0.15) is 11.4 Å². The van der Waals surface area contributed by atoms with Gasteiger partial charge in [0.05, 0.1) is 40.7 Å². The smallest absolute Gasteiger partial charge is 0.274 e. The molecule has 0 spiro atoms. The molecule has 0 aliphatic heterocycles. The van der Waals surface area contributed by atoms with Gasteiger partial charge in [0, 0.05) is 11.1 Å². The summed E-state index contributed by atoms with van der Waals surface area (Å²) in [6.45, 7) is 2.10. The van der Waals surface area contributed by atoms with E-state index >= 15 is 0 Å². The largest absolute Gasteiger partial charge is 0.497 e. The number of sulfone groups is 1. The van der Waals surface area contributed by atoms with Crippen LogP contribution in [0.2, 0.25) is 0 Å². The zero-order valence-corrected chi connectivity index (χ0v) is 16.6. The Bertz CT molecular complexity index is 1360. The summed E-state index contributed by atoms with van der Waals surface area (Å²) in [5.41, 5.74) is 1.27. The van der Waals surface area contributed by atoms with Crippen LogP contribution < -0.4 is 10.3 Å². The van der Waals surface area contributed by atoms with E-state index in [1.807, 2.05) is 13.0 Å². The number of aromatic nitrogens is 4. The first-order valence-electron chi connectivity index (χ1n) is 8.78. The summed E-state index contributed by atoms with van der Waals surface area (Å²) >= 11 is 0. The number of ether oxygens (including phenoxy) is 1. The van der Waals surface area contributed by atoms with Crippen LogP contribution in [0.5, 0.6) is 5.75 Å². The van der Waals surface area contributed by atoms with Crippen LogP contribution in [0.15, 0.2) is 69.3 Å². The second kappa shape index (κ2) is 7.17. The van der Waals surface area contributed by atoms with Gasteiger partial charge >= 0.3 is 0 Å². The molecule has 0 bridgehead atoms. The predicted molar refractivity (Wildman–Crippen MR) is 107 cm³/mol. The van der Waals surface area contributed by atoms with Gasteiger partial charge in [-0.1, -0.05) is 0 Å². The Hall–Kier alpha value is -3.46. The number of rotatable bonds is 5. The zero-order valence-electron chi connectivity index (χ0n) is 15.8.